The van der Waals surface area contributed by atoms with Gasteiger partial charge in [0.15, 0.2) is 0 Å². The molecule has 0 saturated heterocycles. The zero-order chi connectivity index (χ0) is 10.4. The predicted octanol–water partition coefficient (Wildman–Crippen LogP) is 0.438. The molecule has 1 aromatic carbocycles. The second-order valence-electron chi connectivity index (χ2n) is 2.67. The number of hydrogen-bond donors (Lipinski definition) is 3. The highest BCUT2D eigenvalue weighted by Crippen LogP contribution is 2.10. The van der Waals surface area contributed by atoms with Gasteiger partial charge >= 0.3 is 0 Å². The third-order valence-electron chi connectivity index (χ3n) is 1.60. The monoisotopic (exact) mass is 192 g/mol. The normalized spacial score (nSPS) is 10.4. The largest absolute Gasteiger partial charge is 0.508 e. The van der Waals surface area contributed by atoms with Crippen LogP contribution in [0.2, 0.25) is 0 Å². The SMILES string of the molecule is NCNC(=O)C=Cc1ccc(O)cc1. The Morgan fingerprint density at radius 2 is 2.07 bits per heavy atom. The van der Waals surface area contributed by atoms with E-state index in [1.54, 1.807) is 30.3 Å². The van der Waals surface area contributed by atoms with Gasteiger partial charge in [0.2, 0.25) is 5.91 Å². The van der Waals surface area contributed by atoms with Crippen LogP contribution in [0.25, 0.3) is 6.08 Å². The van der Waals surface area contributed by atoms with E-state index in [1.165, 1.54) is 6.08 Å². The van der Waals surface area contributed by atoms with Gasteiger partial charge in [-0.3, -0.25) is 4.79 Å². The standard InChI is InChI=1S/C10H12N2O2/c11-7-12-10(14)6-3-8-1-4-9(13)5-2-8/h1-6,13H,7,11H2,(H,12,14). The van der Waals surface area contributed by atoms with E-state index < -0.39 is 0 Å². The van der Waals surface area contributed by atoms with Crippen LogP contribution in [-0.2, 0) is 4.79 Å². The number of carbonyl (C=O) groups is 1. The van der Waals surface area contributed by atoms with Crippen molar-refractivity contribution < 1.29 is 9.90 Å². The van der Waals surface area contributed by atoms with Gasteiger partial charge in [-0.05, 0) is 23.8 Å². The van der Waals surface area contributed by atoms with E-state index >= 15 is 0 Å². The Balaban J connectivity index is 2.60. The minimum atomic E-state index is -0.236. The minimum Gasteiger partial charge on any atom is -0.508 e. The van der Waals surface area contributed by atoms with Gasteiger partial charge in [-0.2, -0.15) is 0 Å². The number of aromatic hydroxyl groups is 1. The summed E-state index contributed by atoms with van der Waals surface area (Å²) in [5.74, 6) is -0.0332. The second kappa shape index (κ2) is 5.04. The van der Waals surface area contributed by atoms with Crippen LogP contribution in [0.15, 0.2) is 30.3 Å². The van der Waals surface area contributed by atoms with Crippen molar-refractivity contribution in [2.45, 2.75) is 0 Å². The van der Waals surface area contributed by atoms with Gasteiger partial charge in [0.1, 0.15) is 5.75 Å². The lowest BCUT2D eigenvalue weighted by Gasteiger charge is -1.95. The molecule has 74 valence electrons. The first-order valence-electron chi connectivity index (χ1n) is 4.17. The van der Waals surface area contributed by atoms with Gasteiger partial charge in [-0.25, -0.2) is 0 Å². The molecule has 0 aromatic heterocycles. The van der Waals surface area contributed by atoms with Crippen molar-refractivity contribution >= 4 is 12.0 Å². The van der Waals surface area contributed by atoms with Crippen molar-refractivity contribution in [2.75, 3.05) is 6.67 Å². The highest BCUT2D eigenvalue weighted by Gasteiger charge is 1.92. The van der Waals surface area contributed by atoms with Crippen LogP contribution >= 0.6 is 0 Å². The first-order chi connectivity index (χ1) is 6.72. The molecule has 14 heavy (non-hydrogen) atoms. The van der Waals surface area contributed by atoms with E-state index in [1.807, 2.05) is 0 Å². The second-order valence-corrected chi connectivity index (χ2v) is 2.67. The molecule has 1 amide bonds. The first kappa shape index (κ1) is 10.3. The molecule has 0 atom stereocenters. The fraction of sp³-hybridized carbons (Fsp3) is 0.100. The maximum atomic E-state index is 11.0. The zero-order valence-corrected chi connectivity index (χ0v) is 7.60. The Morgan fingerprint density at radius 1 is 1.43 bits per heavy atom. The topological polar surface area (TPSA) is 75.3 Å². The van der Waals surface area contributed by atoms with Crippen molar-refractivity contribution in [2.24, 2.45) is 5.73 Å². The van der Waals surface area contributed by atoms with E-state index in [4.69, 9.17) is 10.8 Å². The molecule has 0 fully saturated rings. The molecule has 0 spiro atoms. The summed E-state index contributed by atoms with van der Waals surface area (Å²) in [5.41, 5.74) is 5.96. The summed E-state index contributed by atoms with van der Waals surface area (Å²) in [6.45, 7) is 0.124. The van der Waals surface area contributed by atoms with Crippen LogP contribution in [0, 0.1) is 0 Å². The van der Waals surface area contributed by atoms with Gasteiger partial charge in [-0.1, -0.05) is 12.1 Å². The minimum absolute atomic E-state index is 0.124. The van der Waals surface area contributed by atoms with E-state index in [-0.39, 0.29) is 18.3 Å². The number of carbonyl (C=O) groups excluding carboxylic acids is 1. The highest BCUT2D eigenvalue weighted by molar-refractivity contribution is 5.91. The number of nitrogens with two attached hydrogens (primary N) is 1. The molecule has 4 nitrogen and oxygen atoms in total. The van der Waals surface area contributed by atoms with E-state index in [0.29, 0.717) is 0 Å². The summed E-state index contributed by atoms with van der Waals surface area (Å²) in [5, 5.41) is 11.4. The lowest BCUT2D eigenvalue weighted by molar-refractivity contribution is -0.116. The van der Waals surface area contributed by atoms with Crippen LogP contribution in [0.1, 0.15) is 5.56 Å². The van der Waals surface area contributed by atoms with Crippen molar-refractivity contribution in [1.29, 1.82) is 0 Å². The van der Waals surface area contributed by atoms with Crippen molar-refractivity contribution in [3.8, 4) is 5.75 Å². The summed E-state index contributed by atoms with van der Waals surface area (Å²) in [6.07, 6.45) is 3.03. The third-order valence-corrected chi connectivity index (χ3v) is 1.60. The lowest BCUT2D eigenvalue weighted by Crippen LogP contribution is -2.27. The smallest absolute Gasteiger partial charge is 0.244 e. The van der Waals surface area contributed by atoms with Crippen molar-refractivity contribution in [3.63, 3.8) is 0 Å². The van der Waals surface area contributed by atoms with Crippen LogP contribution in [0.3, 0.4) is 0 Å². The third kappa shape index (κ3) is 3.28. The number of amides is 1. The summed E-state index contributed by atoms with van der Waals surface area (Å²) in [7, 11) is 0. The molecule has 4 heteroatoms. The fourth-order valence-electron chi connectivity index (χ4n) is 0.917. The Morgan fingerprint density at radius 3 is 2.64 bits per heavy atom. The quantitative estimate of drug-likeness (QED) is 0.480. The predicted molar refractivity (Wildman–Crippen MR) is 54.3 cm³/mol. The van der Waals surface area contributed by atoms with Gasteiger partial charge < -0.3 is 16.2 Å². The molecule has 0 radical (unpaired) electrons. The molecule has 0 aliphatic rings. The molecule has 0 bridgehead atoms. The fourth-order valence-corrected chi connectivity index (χ4v) is 0.917. The molecule has 0 aliphatic carbocycles. The molecule has 0 heterocycles. The Hall–Kier alpha value is -1.81. The van der Waals surface area contributed by atoms with E-state index in [2.05, 4.69) is 5.32 Å². The molecule has 0 saturated carbocycles. The van der Waals surface area contributed by atoms with Crippen LogP contribution in [0.5, 0.6) is 5.75 Å². The number of hydrogen-bond acceptors (Lipinski definition) is 3. The summed E-state index contributed by atoms with van der Waals surface area (Å²) < 4.78 is 0. The molecular weight excluding hydrogens is 180 g/mol. The average Bonchev–Trinajstić information content (AvgIpc) is 2.17. The van der Waals surface area contributed by atoms with Crippen molar-refractivity contribution in [1.82, 2.24) is 5.32 Å². The number of phenolic OH excluding ortho intramolecular Hbond substituents is 1. The molecule has 1 rings (SSSR count). The average molecular weight is 192 g/mol. The number of rotatable bonds is 3. The van der Waals surface area contributed by atoms with Crippen LogP contribution in [0.4, 0.5) is 0 Å². The van der Waals surface area contributed by atoms with Gasteiger partial charge in [0, 0.05) is 6.08 Å². The van der Waals surface area contributed by atoms with Crippen molar-refractivity contribution in [3.05, 3.63) is 35.9 Å². The summed E-state index contributed by atoms with van der Waals surface area (Å²) in [4.78, 5) is 11.0. The first-order valence-corrected chi connectivity index (χ1v) is 4.17. The van der Waals surface area contributed by atoms with Crippen LogP contribution < -0.4 is 11.1 Å². The van der Waals surface area contributed by atoms with Gasteiger partial charge in [0.25, 0.3) is 0 Å². The summed E-state index contributed by atoms with van der Waals surface area (Å²) in [6, 6.07) is 6.53. The molecule has 0 unspecified atom stereocenters. The maximum Gasteiger partial charge on any atom is 0.244 e. The Labute approximate surface area is 82.0 Å². The number of phenols is 1. The van der Waals surface area contributed by atoms with E-state index in [0.717, 1.165) is 5.56 Å². The van der Waals surface area contributed by atoms with Gasteiger partial charge in [0.05, 0.1) is 6.67 Å². The number of benzene rings is 1. The summed E-state index contributed by atoms with van der Waals surface area (Å²) >= 11 is 0. The Bertz CT molecular complexity index is 330. The molecule has 0 aliphatic heterocycles. The lowest BCUT2D eigenvalue weighted by atomic mass is 10.2. The van der Waals surface area contributed by atoms with Gasteiger partial charge in [-0.15, -0.1) is 0 Å². The van der Waals surface area contributed by atoms with E-state index in [9.17, 15) is 4.79 Å². The number of nitrogens with one attached hydrogen (secondary N) is 1. The highest BCUT2D eigenvalue weighted by atomic mass is 16.3. The van der Waals surface area contributed by atoms with Crippen LogP contribution in [-0.4, -0.2) is 17.7 Å². The molecular formula is C10H12N2O2. The molecule has 4 N–H and O–H groups in total. The zero-order valence-electron chi connectivity index (χ0n) is 7.60. The molecule has 1 aromatic rings. The Kier molecular flexibility index (Phi) is 3.69. The maximum absolute atomic E-state index is 11.0.